The maximum absolute atomic E-state index is 13.4. The van der Waals surface area contributed by atoms with E-state index >= 15 is 0 Å². The molecule has 0 saturated carbocycles. The first-order valence-electron chi connectivity index (χ1n) is 4.89. The zero-order chi connectivity index (χ0) is 19.8. The van der Waals surface area contributed by atoms with Crippen LogP contribution in [0.3, 0.4) is 0 Å². The number of hydrogen-bond acceptors (Lipinski definition) is 2. The van der Waals surface area contributed by atoms with Crippen molar-refractivity contribution in [3.05, 3.63) is 12.1 Å². The van der Waals surface area contributed by atoms with E-state index in [1.807, 2.05) is 9.47 Å². The fourth-order valence-electron chi connectivity index (χ4n) is 0.828. The summed E-state index contributed by atoms with van der Waals surface area (Å²) in [4.78, 5) is 0. The van der Waals surface area contributed by atoms with E-state index < -0.39 is 46.7 Å². The van der Waals surface area contributed by atoms with Crippen LogP contribution in [0.1, 0.15) is 0 Å². The zero-order valence-electron chi connectivity index (χ0n) is 10.3. The van der Waals surface area contributed by atoms with Crippen molar-refractivity contribution in [3.8, 4) is 0 Å². The van der Waals surface area contributed by atoms with E-state index in [0.717, 1.165) is 0 Å². The molecular formula is C8H2F13IO2. The van der Waals surface area contributed by atoms with Crippen LogP contribution in [0, 0.1) is 0 Å². The average molecular weight is 504 g/mol. The largest absolute Gasteiger partial charge is 0.471 e. The van der Waals surface area contributed by atoms with Crippen molar-refractivity contribution in [1.82, 2.24) is 0 Å². The second-order valence-corrected chi connectivity index (χ2v) is 4.47. The Bertz CT molecular complexity index is 483. The van der Waals surface area contributed by atoms with Gasteiger partial charge in [0.15, 0.2) is 0 Å². The van der Waals surface area contributed by atoms with Crippen LogP contribution in [0.25, 0.3) is 0 Å². The van der Waals surface area contributed by atoms with Crippen LogP contribution in [-0.2, 0) is 9.47 Å². The third-order valence-electron chi connectivity index (χ3n) is 1.97. The lowest BCUT2D eigenvalue weighted by Crippen LogP contribution is -2.63. The summed E-state index contributed by atoms with van der Waals surface area (Å²) in [6, 6.07) is -3.78. The van der Waals surface area contributed by atoms with Gasteiger partial charge in [0.2, 0.25) is 0 Å². The molecule has 0 aliphatic heterocycles. The molecule has 0 aliphatic rings. The minimum atomic E-state index is -7.23. The molecule has 0 heterocycles. The Morgan fingerprint density at radius 2 is 1.17 bits per heavy atom. The van der Waals surface area contributed by atoms with Crippen LogP contribution in [0.4, 0.5) is 57.1 Å². The standard InChI is InChI=1S/C8H2F13IO2/c9-2(10)3(11)23-8(20,21)5(14,6(15,16)17)24-7(18,19)4(12,13)1-22/h1H2. The summed E-state index contributed by atoms with van der Waals surface area (Å²) in [5.41, 5.74) is 0. The molecule has 144 valence electrons. The molecule has 16 heteroatoms. The molecule has 0 bridgehead atoms. The van der Waals surface area contributed by atoms with Gasteiger partial charge in [0, 0.05) is 0 Å². The third kappa shape index (κ3) is 4.48. The van der Waals surface area contributed by atoms with Crippen molar-refractivity contribution >= 4 is 22.6 Å². The van der Waals surface area contributed by atoms with Crippen molar-refractivity contribution in [2.75, 3.05) is 4.43 Å². The first-order valence-corrected chi connectivity index (χ1v) is 6.42. The first-order chi connectivity index (χ1) is 10.3. The fraction of sp³-hybridized carbons (Fsp3) is 0.750. The number of rotatable bonds is 7. The van der Waals surface area contributed by atoms with Crippen LogP contribution in [-0.4, -0.2) is 34.6 Å². The highest BCUT2D eigenvalue weighted by atomic mass is 127. The van der Waals surface area contributed by atoms with E-state index in [-0.39, 0.29) is 0 Å². The Labute approximate surface area is 136 Å². The topological polar surface area (TPSA) is 18.5 Å². The number of alkyl halides is 11. The molecule has 0 saturated heterocycles. The quantitative estimate of drug-likeness (QED) is 0.197. The van der Waals surface area contributed by atoms with E-state index in [0.29, 0.717) is 22.6 Å². The molecule has 0 radical (unpaired) electrons. The van der Waals surface area contributed by atoms with E-state index in [1.54, 1.807) is 0 Å². The molecule has 0 N–H and O–H groups in total. The normalized spacial score (nSPS) is 16.6. The molecule has 0 aromatic carbocycles. The SMILES string of the molecule is FC(F)=C(F)OC(F)(F)C(F)(OC(F)(F)C(F)(F)CI)C(F)(F)F. The summed E-state index contributed by atoms with van der Waals surface area (Å²) in [6.45, 7) is 0. The number of ether oxygens (including phenoxy) is 2. The summed E-state index contributed by atoms with van der Waals surface area (Å²) in [5.74, 6) is -12.7. The molecule has 0 spiro atoms. The van der Waals surface area contributed by atoms with Crippen LogP contribution >= 0.6 is 22.6 Å². The number of hydrogen-bond donors (Lipinski definition) is 0. The van der Waals surface area contributed by atoms with E-state index in [2.05, 4.69) is 0 Å². The van der Waals surface area contributed by atoms with E-state index in [4.69, 9.17) is 0 Å². The van der Waals surface area contributed by atoms with Crippen molar-refractivity contribution in [1.29, 1.82) is 0 Å². The maximum Gasteiger partial charge on any atom is 0.471 e. The summed E-state index contributed by atoms with van der Waals surface area (Å²) in [6.07, 6.45) is -24.5. The lowest BCUT2D eigenvalue weighted by Gasteiger charge is -2.36. The van der Waals surface area contributed by atoms with Crippen molar-refractivity contribution < 1.29 is 66.5 Å². The van der Waals surface area contributed by atoms with Gasteiger partial charge < -0.3 is 4.74 Å². The molecule has 1 unspecified atom stereocenters. The van der Waals surface area contributed by atoms with E-state index in [1.165, 1.54) is 0 Å². The van der Waals surface area contributed by atoms with E-state index in [9.17, 15) is 57.1 Å². The second kappa shape index (κ2) is 6.91. The summed E-state index contributed by atoms with van der Waals surface area (Å²) < 4.78 is 165. The molecule has 0 fully saturated rings. The maximum atomic E-state index is 13.4. The Kier molecular flexibility index (Phi) is 6.71. The summed E-state index contributed by atoms with van der Waals surface area (Å²) >= 11 is 0.478. The summed E-state index contributed by atoms with van der Waals surface area (Å²) in [7, 11) is 0. The van der Waals surface area contributed by atoms with Crippen molar-refractivity contribution in [3.63, 3.8) is 0 Å². The second-order valence-electron chi connectivity index (χ2n) is 3.70. The van der Waals surface area contributed by atoms with Gasteiger partial charge in [-0.15, -0.1) is 0 Å². The minimum absolute atomic E-state index is 0.478. The molecule has 0 aromatic rings. The monoisotopic (exact) mass is 504 g/mol. The van der Waals surface area contributed by atoms with Crippen LogP contribution in [0.2, 0.25) is 0 Å². The Balaban J connectivity index is 6.06. The van der Waals surface area contributed by atoms with Gasteiger partial charge in [0.25, 0.3) is 0 Å². The molecule has 2 nitrogen and oxygen atoms in total. The predicted octanol–water partition coefficient (Wildman–Crippen LogP) is 5.54. The average Bonchev–Trinajstić information content (AvgIpc) is 2.35. The molecule has 0 rings (SSSR count). The Morgan fingerprint density at radius 1 is 0.750 bits per heavy atom. The zero-order valence-corrected chi connectivity index (χ0v) is 12.5. The highest BCUT2D eigenvalue weighted by Crippen LogP contribution is 2.52. The third-order valence-corrected chi connectivity index (χ3v) is 2.93. The lowest BCUT2D eigenvalue weighted by molar-refractivity contribution is -0.514. The smallest absolute Gasteiger partial charge is 0.398 e. The Hall–Kier alpha value is -0.680. The first kappa shape index (κ1) is 23.3. The van der Waals surface area contributed by atoms with Crippen molar-refractivity contribution in [2.24, 2.45) is 0 Å². The van der Waals surface area contributed by atoms with Gasteiger partial charge in [-0.2, -0.15) is 57.1 Å². The van der Waals surface area contributed by atoms with Gasteiger partial charge in [-0.05, 0) is 0 Å². The van der Waals surface area contributed by atoms with Gasteiger partial charge in [-0.3, -0.25) is 4.74 Å². The summed E-state index contributed by atoms with van der Waals surface area (Å²) in [5, 5.41) is 0. The van der Waals surface area contributed by atoms with Crippen LogP contribution < -0.4 is 0 Å². The van der Waals surface area contributed by atoms with Crippen LogP contribution in [0.15, 0.2) is 12.1 Å². The number of halogens is 14. The predicted molar refractivity (Wildman–Crippen MR) is 56.1 cm³/mol. The molecule has 0 aliphatic carbocycles. The fourth-order valence-corrected chi connectivity index (χ4v) is 1.27. The molecule has 24 heavy (non-hydrogen) atoms. The van der Waals surface area contributed by atoms with Gasteiger partial charge in [0.05, 0.1) is 4.43 Å². The molecule has 1 atom stereocenters. The molecule has 0 amide bonds. The molecule has 0 aromatic heterocycles. The van der Waals surface area contributed by atoms with Gasteiger partial charge in [0.1, 0.15) is 0 Å². The lowest BCUT2D eigenvalue weighted by atomic mass is 10.2. The van der Waals surface area contributed by atoms with Crippen LogP contribution in [0.5, 0.6) is 0 Å². The van der Waals surface area contributed by atoms with Gasteiger partial charge >= 0.3 is 42.3 Å². The minimum Gasteiger partial charge on any atom is -0.398 e. The Morgan fingerprint density at radius 3 is 1.46 bits per heavy atom. The highest BCUT2D eigenvalue weighted by Gasteiger charge is 2.80. The van der Waals surface area contributed by atoms with Crippen molar-refractivity contribution in [2.45, 2.75) is 30.2 Å². The highest BCUT2D eigenvalue weighted by molar-refractivity contribution is 14.1. The molecular weight excluding hydrogens is 502 g/mol. The van der Waals surface area contributed by atoms with Gasteiger partial charge in [-0.1, -0.05) is 22.6 Å². The van der Waals surface area contributed by atoms with Gasteiger partial charge in [-0.25, -0.2) is 0 Å².